The van der Waals surface area contributed by atoms with Crippen LogP contribution in [-0.2, 0) is 11.3 Å². The lowest BCUT2D eigenvalue weighted by Crippen LogP contribution is -2.50. The molecule has 10 nitrogen and oxygen atoms in total. The van der Waals surface area contributed by atoms with Crippen LogP contribution in [-0.4, -0.2) is 94.6 Å². The van der Waals surface area contributed by atoms with Crippen LogP contribution in [0.25, 0.3) is 0 Å². The summed E-state index contributed by atoms with van der Waals surface area (Å²) in [5.41, 5.74) is 0.709. The van der Waals surface area contributed by atoms with E-state index in [2.05, 4.69) is 42.8 Å². The van der Waals surface area contributed by atoms with Crippen molar-refractivity contribution >= 4 is 17.5 Å². The summed E-state index contributed by atoms with van der Waals surface area (Å²) in [7, 11) is 2.14. The molecule has 0 radical (unpaired) electrons. The third-order valence-corrected chi connectivity index (χ3v) is 6.80. The van der Waals surface area contributed by atoms with Gasteiger partial charge < -0.3 is 19.6 Å². The quantitative estimate of drug-likeness (QED) is 0.641. The largest absolute Gasteiger partial charge is 0.354 e. The highest BCUT2D eigenvalue weighted by Gasteiger charge is 2.27. The molecule has 1 amide bonds. The first-order chi connectivity index (χ1) is 16.0. The van der Waals surface area contributed by atoms with E-state index in [0.29, 0.717) is 32.1 Å². The molecular weight excluding hydrogens is 420 g/mol. The summed E-state index contributed by atoms with van der Waals surface area (Å²) >= 11 is 0. The number of carbonyl (C=O) groups excluding carboxylic acids is 1. The maximum absolute atomic E-state index is 12.8. The van der Waals surface area contributed by atoms with E-state index in [1.807, 2.05) is 11.8 Å². The fourth-order valence-corrected chi connectivity index (χ4v) is 4.49. The fraction of sp³-hybridized carbons (Fsp3) is 0.609. The first kappa shape index (κ1) is 21.8. The summed E-state index contributed by atoms with van der Waals surface area (Å²) in [5, 5.41) is 0. The van der Waals surface area contributed by atoms with E-state index in [1.165, 1.54) is 10.9 Å². The number of piperazine rings is 2. The van der Waals surface area contributed by atoms with Crippen molar-refractivity contribution in [1.29, 1.82) is 0 Å². The van der Waals surface area contributed by atoms with Gasteiger partial charge in [-0.25, -0.2) is 15.0 Å². The lowest BCUT2D eigenvalue weighted by atomic mass is 10.2. The van der Waals surface area contributed by atoms with Gasteiger partial charge in [-0.1, -0.05) is 0 Å². The van der Waals surface area contributed by atoms with Crippen molar-refractivity contribution in [3.05, 3.63) is 40.3 Å². The van der Waals surface area contributed by atoms with Crippen molar-refractivity contribution in [3.8, 4) is 0 Å². The molecule has 3 fully saturated rings. The Hall–Kier alpha value is -3.01. The number of likely N-dealkylation sites (N-methyl/N-ethyl adjacent to an activating group) is 1. The van der Waals surface area contributed by atoms with E-state index in [1.54, 1.807) is 6.07 Å². The lowest BCUT2D eigenvalue weighted by molar-refractivity contribution is -0.132. The molecule has 2 saturated heterocycles. The third kappa shape index (κ3) is 5.00. The molecule has 0 bridgehead atoms. The zero-order valence-corrected chi connectivity index (χ0v) is 19.5. The van der Waals surface area contributed by atoms with Gasteiger partial charge in [0.05, 0.1) is 12.0 Å². The van der Waals surface area contributed by atoms with E-state index in [-0.39, 0.29) is 18.0 Å². The zero-order chi connectivity index (χ0) is 22.9. The van der Waals surface area contributed by atoms with E-state index in [9.17, 15) is 9.59 Å². The van der Waals surface area contributed by atoms with Gasteiger partial charge in [-0.05, 0) is 26.8 Å². The number of carbonyl (C=O) groups is 1. The second-order valence-corrected chi connectivity index (χ2v) is 9.34. The first-order valence-corrected chi connectivity index (χ1v) is 11.8. The summed E-state index contributed by atoms with van der Waals surface area (Å²) in [6.45, 7) is 8.58. The number of rotatable bonds is 5. The van der Waals surface area contributed by atoms with Crippen molar-refractivity contribution in [2.45, 2.75) is 32.2 Å². The standard InChI is InChI=1S/C23H32N8O2/c1-17-25-20(28-7-5-27(2)6-8-28)14-21(26-17)29-9-11-30(12-10-29)23(33)15-31-16-24-19(13-22(31)32)18-3-4-18/h13-14,16,18H,3-12,15H2,1-2H3. The van der Waals surface area contributed by atoms with Crippen molar-refractivity contribution in [1.82, 2.24) is 29.3 Å². The van der Waals surface area contributed by atoms with Crippen LogP contribution >= 0.6 is 0 Å². The molecule has 0 aromatic carbocycles. The Kier molecular flexibility index (Phi) is 6.01. The molecule has 2 aromatic rings. The van der Waals surface area contributed by atoms with E-state index in [0.717, 1.165) is 62.2 Å². The highest BCUT2D eigenvalue weighted by molar-refractivity contribution is 5.76. The van der Waals surface area contributed by atoms with Crippen LogP contribution in [0, 0.1) is 6.92 Å². The highest BCUT2D eigenvalue weighted by Crippen LogP contribution is 2.38. The van der Waals surface area contributed by atoms with Crippen molar-refractivity contribution in [3.63, 3.8) is 0 Å². The van der Waals surface area contributed by atoms with Gasteiger partial charge >= 0.3 is 0 Å². The zero-order valence-electron chi connectivity index (χ0n) is 19.5. The molecule has 1 saturated carbocycles. The molecule has 0 N–H and O–H groups in total. The number of hydrogen-bond donors (Lipinski definition) is 0. The molecule has 33 heavy (non-hydrogen) atoms. The number of aromatic nitrogens is 4. The Morgan fingerprint density at radius 2 is 1.55 bits per heavy atom. The predicted octanol–water partition coefficient (Wildman–Crippen LogP) is 0.320. The van der Waals surface area contributed by atoms with Gasteiger partial charge in [0.25, 0.3) is 5.56 Å². The van der Waals surface area contributed by atoms with Crippen molar-refractivity contribution < 1.29 is 4.79 Å². The van der Waals surface area contributed by atoms with Crippen LogP contribution in [0.1, 0.15) is 30.3 Å². The van der Waals surface area contributed by atoms with Gasteiger partial charge in [0, 0.05) is 70.4 Å². The highest BCUT2D eigenvalue weighted by atomic mass is 16.2. The Morgan fingerprint density at radius 1 is 0.939 bits per heavy atom. The molecular formula is C23H32N8O2. The topological polar surface area (TPSA) is 90.7 Å². The Labute approximate surface area is 193 Å². The van der Waals surface area contributed by atoms with Crippen molar-refractivity contribution in [2.24, 2.45) is 0 Å². The Balaban J connectivity index is 1.19. The van der Waals surface area contributed by atoms with Gasteiger partial charge in [0.15, 0.2) is 0 Å². The Morgan fingerprint density at radius 3 is 2.12 bits per heavy atom. The van der Waals surface area contributed by atoms with Gasteiger partial charge in [-0.3, -0.25) is 14.2 Å². The minimum atomic E-state index is -0.146. The second-order valence-electron chi connectivity index (χ2n) is 9.34. The average molecular weight is 453 g/mol. The number of anilines is 2. The molecule has 2 aromatic heterocycles. The maximum atomic E-state index is 12.8. The molecule has 5 rings (SSSR count). The molecule has 0 unspecified atom stereocenters. The SMILES string of the molecule is Cc1nc(N2CCN(C)CC2)cc(N2CCN(C(=O)Cn3cnc(C4CC4)cc3=O)CC2)n1. The molecule has 1 aliphatic carbocycles. The first-order valence-electron chi connectivity index (χ1n) is 11.8. The van der Waals surface area contributed by atoms with Crippen LogP contribution in [0.15, 0.2) is 23.3 Å². The smallest absolute Gasteiger partial charge is 0.254 e. The van der Waals surface area contributed by atoms with Gasteiger partial charge in [0.2, 0.25) is 5.91 Å². The summed E-state index contributed by atoms with van der Waals surface area (Å²) in [4.78, 5) is 47.6. The van der Waals surface area contributed by atoms with Crippen LogP contribution in [0.5, 0.6) is 0 Å². The second kappa shape index (κ2) is 9.09. The fourth-order valence-electron chi connectivity index (χ4n) is 4.49. The molecule has 10 heteroatoms. The summed E-state index contributed by atoms with van der Waals surface area (Å²) in [5.74, 6) is 3.04. The number of aryl methyl sites for hydroxylation is 1. The van der Waals surface area contributed by atoms with E-state index in [4.69, 9.17) is 0 Å². The van der Waals surface area contributed by atoms with Crippen LogP contribution in [0.3, 0.4) is 0 Å². The lowest BCUT2D eigenvalue weighted by Gasteiger charge is -2.37. The van der Waals surface area contributed by atoms with Gasteiger partial charge in [0.1, 0.15) is 24.0 Å². The molecule has 4 heterocycles. The minimum Gasteiger partial charge on any atom is -0.354 e. The van der Waals surface area contributed by atoms with E-state index < -0.39 is 0 Å². The molecule has 2 aliphatic heterocycles. The predicted molar refractivity (Wildman–Crippen MR) is 126 cm³/mol. The van der Waals surface area contributed by atoms with Gasteiger partial charge in [-0.2, -0.15) is 0 Å². The van der Waals surface area contributed by atoms with Crippen LogP contribution in [0.4, 0.5) is 11.6 Å². The Bertz CT molecular complexity index is 1070. The van der Waals surface area contributed by atoms with Crippen LogP contribution in [0.2, 0.25) is 0 Å². The average Bonchev–Trinajstić information content (AvgIpc) is 3.66. The summed E-state index contributed by atoms with van der Waals surface area (Å²) in [6, 6.07) is 3.65. The summed E-state index contributed by atoms with van der Waals surface area (Å²) < 4.78 is 1.41. The third-order valence-electron chi connectivity index (χ3n) is 6.80. The number of hydrogen-bond acceptors (Lipinski definition) is 8. The minimum absolute atomic E-state index is 0.0386. The molecule has 176 valence electrons. The normalized spacial score (nSPS) is 19.8. The maximum Gasteiger partial charge on any atom is 0.254 e. The molecule has 3 aliphatic rings. The summed E-state index contributed by atoms with van der Waals surface area (Å²) in [6.07, 6.45) is 3.72. The van der Waals surface area contributed by atoms with Crippen molar-refractivity contribution in [2.75, 3.05) is 69.2 Å². The van der Waals surface area contributed by atoms with Gasteiger partial charge in [-0.15, -0.1) is 0 Å². The molecule has 0 atom stereocenters. The van der Waals surface area contributed by atoms with E-state index >= 15 is 0 Å². The van der Waals surface area contributed by atoms with Crippen LogP contribution < -0.4 is 15.4 Å². The monoisotopic (exact) mass is 452 g/mol. The molecule has 0 spiro atoms. The number of amides is 1. The number of nitrogens with zero attached hydrogens (tertiary/aromatic N) is 8.